The first-order valence-corrected chi connectivity index (χ1v) is 10.4. The zero-order valence-corrected chi connectivity index (χ0v) is 18.1. The van der Waals surface area contributed by atoms with E-state index in [4.69, 9.17) is 14.0 Å². The van der Waals surface area contributed by atoms with Gasteiger partial charge in [-0.3, -0.25) is 4.79 Å². The molecule has 2 aliphatic heterocycles. The normalized spacial score (nSPS) is 21.9. The SMILES string of the molecule is COc1cc(OC)nc(N2CCC[C@@]3(CCC(=O)N3Cc3c(C)noc3C)CC2)n1. The van der Waals surface area contributed by atoms with E-state index in [0.717, 1.165) is 55.8 Å². The lowest BCUT2D eigenvalue weighted by atomic mass is 9.87. The van der Waals surface area contributed by atoms with Crippen molar-refractivity contribution >= 4 is 11.9 Å². The van der Waals surface area contributed by atoms with Gasteiger partial charge in [-0.15, -0.1) is 0 Å². The second-order valence-corrected chi connectivity index (χ2v) is 8.10. The van der Waals surface area contributed by atoms with Crippen LogP contribution < -0.4 is 14.4 Å². The number of carbonyl (C=O) groups excluding carboxylic acids is 1. The Kier molecular flexibility index (Phi) is 5.53. The average Bonchev–Trinajstić information content (AvgIpc) is 3.13. The lowest BCUT2D eigenvalue weighted by Crippen LogP contribution is -2.46. The zero-order valence-electron chi connectivity index (χ0n) is 18.1. The molecule has 2 saturated heterocycles. The molecule has 0 saturated carbocycles. The van der Waals surface area contributed by atoms with Gasteiger partial charge in [0.1, 0.15) is 5.76 Å². The predicted molar refractivity (Wildman–Crippen MR) is 110 cm³/mol. The van der Waals surface area contributed by atoms with Crippen LogP contribution >= 0.6 is 0 Å². The highest BCUT2D eigenvalue weighted by Crippen LogP contribution is 2.41. The summed E-state index contributed by atoms with van der Waals surface area (Å²) in [5.41, 5.74) is 1.73. The van der Waals surface area contributed by atoms with Gasteiger partial charge in [0, 0.05) is 30.6 Å². The first kappa shape index (κ1) is 20.4. The minimum Gasteiger partial charge on any atom is -0.481 e. The number of hydrogen-bond donors (Lipinski definition) is 0. The standard InChI is InChI=1S/C21H29N5O4/c1-14-16(15(2)30-24-14)13-26-19(27)6-8-21(26)7-5-10-25(11-9-21)20-22-17(28-3)12-18(23-20)29-4/h12H,5-11,13H2,1-4H3/t21-/m1/s1. The number of amides is 1. The van der Waals surface area contributed by atoms with Crippen molar-refractivity contribution in [3.63, 3.8) is 0 Å². The summed E-state index contributed by atoms with van der Waals surface area (Å²) in [6, 6.07) is 1.67. The molecular formula is C21H29N5O4. The quantitative estimate of drug-likeness (QED) is 0.736. The molecule has 4 heterocycles. The highest BCUT2D eigenvalue weighted by Gasteiger charge is 2.46. The summed E-state index contributed by atoms with van der Waals surface area (Å²) < 4.78 is 15.9. The Hall–Kier alpha value is -2.84. The van der Waals surface area contributed by atoms with E-state index in [9.17, 15) is 4.79 Å². The second kappa shape index (κ2) is 8.12. The summed E-state index contributed by atoms with van der Waals surface area (Å²) in [6.45, 7) is 5.99. The zero-order chi connectivity index (χ0) is 21.3. The van der Waals surface area contributed by atoms with Crippen LogP contribution in [0.2, 0.25) is 0 Å². The molecule has 0 radical (unpaired) electrons. The van der Waals surface area contributed by atoms with Crippen LogP contribution in [0.25, 0.3) is 0 Å². The van der Waals surface area contributed by atoms with Gasteiger partial charge >= 0.3 is 0 Å². The van der Waals surface area contributed by atoms with E-state index in [0.29, 0.717) is 30.7 Å². The molecule has 0 aromatic carbocycles. The summed E-state index contributed by atoms with van der Waals surface area (Å²) in [4.78, 5) is 26.1. The Morgan fingerprint density at radius 1 is 1.10 bits per heavy atom. The molecule has 162 valence electrons. The molecule has 2 aromatic heterocycles. The lowest BCUT2D eigenvalue weighted by Gasteiger charge is -2.38. The third-order valence-corrected chi connectivity index (χ3v) is 6.46. The number of nitrogens with zero attached hydrogens (tertiary/aromatic N) is 5. The Bertz CT molecular complexity index is 888. The second-order valence-electron chi connectivity index (χ2n) is 8.10. The van der Waals surface area contributed by atoms with Crippen LogP contribution in [0.15, 0.2) is 10.6 Å². The third-order valence-electron chi connectivity index (χ3n) is 6.46. The van der Waals surface area contributed by atoms with Crippen LogP contribution in [0.5, 0.6) is 11.8 Å². The fraction of sp³-hybridized carbons (Fsp3) is 0.619. The molecule has 30 heavy (non-hydrogen) atoms. The molecule has 0 aliphatic carbocycles. The van der Waals surface area contributed by atoms with Gasteiger partial charge in [0.2, 0.25) is 23.6 Å². The molecule has 0 bridgehead atoms. The number of ether oxygens (including phenoxy) is 2. The Morgan fingerprint density at radius 3 is 2.47 bits per heavy atom. The van der Waals surface area contributed by atoms with Crippen molar-refractivity contribution in [2.24, 2.45) is 0 Å². The highest BCUT2D eigenvalue weighted by atomic mass is 16.5. The molecule has 2 aromatic rings. The van der Waals surface area contributed by atoms with E-state index in [2.05, 4.69) is 24.9 Å². The topological polar surface area (TPSA) is 93.8 Å². The molecule has 1 amide bonds. The molecule has 4 rings (SSSR count). The van der Waals surface area contributed by atoms with Gasteiger partial charge in [-0.1, -0.05) is 5.16 Å². The van der Waals surface area contributed by atoms with E-state index in [-0.39, 0.29) is 11.4 Å². The van der Waals surface area contributed by atoms with Crippen molar-refractivity contribution in [2.45, 2.75) is 58.0 Å². The fourth-order valence-corrected chi connectivity index (χ4v) is 4.66. The maximum atomic E-state index is 12.8. The largest absolute Gasteiger partial charge is 0.481 e. The first-order chi connectivity index (χ1) is 14.5. The van der Waals surface area contributed by atoms with Crippen molar-refractivity contribution in [1.82, 2.24) is 20.0 Å². The molecule has 2 aliphatic rings. The maximum Gasteiger partial charge on any atom is 0.231 e. The maximum absolute atomic E-state index is 12.8. The first-order valence-electron chi connectivity index (χ1n) is 10.4. The molecule has 1 spiro atoms. The number of anilines is 1. The average molecular weight is 415 g/mol. The van der Waals surface area contributed by atoms with Gasteiger partial charge in [-0.25, -0.2) is 0 Å². The Balaban J connectivity index is 1.56. The van der Waals surface area contributed by atoms with E-state index in [1.54, 1.807) is 20.3 Å². The van der Waals surface area contributed by atoms with E-state index in [1.807, 2.05) is 13.8 Å². The van der Waals surface area contributed by atoms with Gasteiger partial charge in [0.05, 0.1) is 32.5 Å². The fourth-order valence-electron chi connectivity index (χ4n) is 4.66. The smallest absolute Gasteiger partial charge is 0.231 e. The third kappa shape index (κ3) is 3.68. The van der Waals surface area contributed by atoms with Crippen molar-refractivity contribution in [3.8, 4) is 11.8 Å². The number of hydrogen-bond acceptors (Lipinski definition) is 8. The van der Waals surface area contributed by atoms with Crippen molar-refractivity contribution in [2.75, 3.05) is 32.2 Å². The number of likely N-dealkylation sites (tertiary alicyclic amines) is 1. The van der Waals surface area contributed by atoms with Gasteiger partial charge in [-0.05, 0) is 39.5 Å². The number of aromatic nitrogens is 3. The molecule has 9 nitrogen and oxygen atoms in total. The summed E-state index contributed by atoms with van der Waals surface area (Å²) in [5, 5.41) is 4.06. The molecule has 0 unspecified atom stereocenters. The minimum atomic E-state index is -0.148. The predicted octanol–water partition coefficient (Wildman–Crippen LogP) is 2.65. The molecule has 9 heteroatoms. The number of rotatable bonds is 5. The number of methoxy groups -OCH3 is 2. The number of aryl methyl sites for hydroxylation is 2. The van der Waals surface area contributed by atoms with Gasteiger partial charge in [0.15, 0.2) is 0 Å². The summed E-state index contributed by atoms with van der Waals surface area (Å²) >= 11 is 0. The minimum absolute atomic E-state index is 0.148. The molecule has 2 fully saturated rings. The van der Waals surface area contributed by atoms with Crippen molar-refractivity contribution in [3.05, 3.63) is 23.1 Å². The van der Waals surface area contributed by atoms with Crippen LogP contribution in [0.3, 0.4) is 0 Å². The van der Waals surface area contributed by atoms with Crippen LogP contribution in [-0.4, -0.2) is 58.8 Å². The van der Waals surface area contributed by atoms with Crippen molar-refractivity contribution < 1.29 is 18.8 Å². The Labute approximate surface area is 176 Å². The van der Waals surface area contributed by atoms with Crippen LogP contribution in [0.4, 0.5) is 5.95 Å². The van der Waals surface area contributed by atoms with E-state index >= 15 is 0 Å². The molecule has 1 atom stereocenters. The summed E-state index contributed by atoms with van der Waals surface area (Å²) in [6.07, 6.45) is 4.25. The van der Waals surface area contributed by atoms with Crippen molar-refractivity contribution in [1.29, 1.82) is 0 Å². The number of carbonyl (C=O) groups is 1. The van der Waals surface area contributed by atoms with Gasteiger partial charge < -0.3 is 23.8 Å². The van der Waals surface area contributed by atoms with Gasteiger partial charge in [0.25, 0.3) is 0 Å². The van der Waals surface area contributed by atoms with Crippen LogP contribution in [0.1, 0.15) is 49.1 Å². The highest BCUT2D eigenvalue weighted by molar-refractivity contribution is 5.79. The molecule has 0 N–H and O–H groups in total. The summed E-state index contributed by atoms with van der Waals surface area (Å²) in [5.74, 6) is 2.56. The van der Waals surface area contributed by atoms with E-state index in [1.165, 1.54) is 0 Å². The van der Waals surface area contributed by atoms with Crippen LogP contribution in [0, 0.1) is 13.8 Å². The molecular weight excluding hydrogens is 386 g/mol. The Morgan fingerprint density at radius 2 is 1.83 bits per heavy atom. The van der Waals surface area contributed by atoms with Crippen LogP contribution in [-0.2, 0) is 11.3 Å². The lowest BCUT2D eigenvalue weighted by molar-refractivity contribution is -0.132. The monoisotopic (exact) mass is 415 g/mol. The van der Waals surface area contributed by atoms with Gasteiger partial charge in [-0.2, -0.15) is 9.97 Å². The summed E-state index contributed by atoms with van der Waals surface area (Å²) in [7, 11) is 3.17. The van der Waals surface area contributed by atoms with E-state index < -0.39 is 0 Å².